The van der Waals surface area contributed by atoms with E-state index in [4.69, 9.17) is 0 Å². The molecule has 1 heterocycles. The molecule has 17 heavy (non-hydrogen) atoms. The molecule has 92 valence electrons. The van der Waals surface area contributed by atoms with Crippen LogP contribution < -0.4 is 5.32 Å². The van der Waals surface area contributed by atoms with Crippen LogP contribution in [-0.4, -0.2) is 17.0 Å². The van der Waals surface area contributed by atoms with E-state index in [0.29, 0.717) is 18.2 Å². The Bertz CT molecular complexity index is 406. The lowest BCUT2D eigenvalue weighted by Gasteiger charge is -2.24. The summed E-state index contributed by atoms with van der Waals surface area (Å²) in [5, 5.41) is 4.33. The summed E-state index contributed by atoms with van der Waals surface area (Å²) < 4.78 is 13.4. The topological polar surface area (TPSA) is 24.4 Å². The van der Waals surface area contributed by atoms with Crippen LogP contribution in [0.15, 0.2) is 29.3 Å². The van der Waals surface area contributed by atoms with Gasteiger partial charge in [0.25, 0.3) is 0 Å². The standard InChI is InChI=1S/C13H17FN2S/c1-2-11-7-8-17-13(16-11)15-9-10-5-3-4-6-12(10)14/h3-6,11H,2,7-9H2,1H3,(H,15,16). The minimum absolute atomic E-state index is 0.176. The minimum Gasteiger partial charge on any atom is -0.362 e. The third kappa shape index (κ3) is 3.46. The summed E-state index contributed by atoms with van der Waals surface area (Å²) in [5.74, 6) is 0.923. The van der Waals surface area contributed by atoms with Gasteiger partial charge in [0.1, 0.15) is 5.82 Å². The van der Waals surface area contributed by atoms with Crippen molar-refractivity contribution in [2.24, 2.45) is 4.99 Å². The predicted octanol–water partition coefficient (Wildman–Crippen LogP) is 3.19. The van der Waals surface area contributed by atoms with E-state index in [1.54, 1.807) is 23.9 Å². The van der Waals surface area contributed by atoms with Crippen molar-refractivity contribution < 1.29 is 4.39 Å². The van der Waals surface area contributed by atoms with Crippen LogP contribution in [0.1, 0.15) is 25.3 Å². The number of thioether (sulfide) groups is 1. The first kappa shape index (κ1) is 12.4. The molecule has 2 rings (SSSR count). The molecule has 1 aromatic carbocycles. The van der Waals surface area contributed by atoms with Crippen molar-refractivity contribution in [3.05, 3.63) is 35.6 Å². The summed E-state index contributed by atoms with van der Waals surface area (Å²) in [6.45, 7) is 2.58. The van der Waals surface area contributed by atoms with E-state index >= 15 is 0 Å². The first-order valence-electron chi connectivity index (χ1n) is 5.96. The molecule has 0 spiro atoms. The fourth-order valence-electron chi connectivity index (χ4n) is 1.77. The highest BCUT2D eigenvalue weighted by molar-refractivity contribution is 8.13. The third-order valence-corrected chi connectivity index (χ3v) is 3.84. The zero-order chi connectivity index (χ0) is 12.1. The van der Waals surface area contributed by atoms with Crippen molar-refractivity contribution >= 4 is 16.9 Å². The Balaban J connectivity index is 1.98. The van der Waals surface area contributed by atoms with E-state index in [2.05, 4.69) is 17.2 Å². The van der Waals surface area contributed by atoms with Gasteiger partial charge in [0.2, 0.25) is 0 Å². The highest BCUT2D eigenvalue weighted by Crippen LogP contribution is 2.17. The lowest BCUT2D eigenvalue weighted by atomic mass is 10.2. The Labute approximate surface area is 106 Å². The van der Waals surface area contributed by atoms with Crippen molar-refractivity contribution in [2.45, 2.75) is 32.4 Å². The summed E-state index contributed by atoms with van der Waals surface area (Å²) in [7, 11) is 0. The molecule has 1 aliphatic rings. The number of hydrogen-bond acceptors (Lipinski definition) is 2. The predicted molar refractivity (Wildman–Crippen MR) is 71.8 cm³/mol. The van der Waals surface area contributed by atoms with E-state index < -0.39 is 0 Å². The molecule has 1 aromatic rings. The quantitative estimate of drug-likeness (QED) is 0.893. The van der Waals surface area contributed by atoms with Gasteiger partial charge in [-0.2, -0.15) is 0 Å². The third-order valence-electron chi connectivity index (χ3n) is 2.88. The molecule has 1 atom stereocenters. The summed E-state index contributed by atoms with van der Waals surface area (Å²) >= 11 is 1.72. The molecule has 1 unspecified atom stereocenters. The van der Waals surface area contributed by atoms with Crippen LogP contribution in [0, 0.1) is 5.82 Å². The number of nitrogens with one attached hydrogen (secondary N) is 1. The Morgan fingerprint density at radius 3 is 3.06 bits per heavy atom. The number of hydrogen-bond donors (Lipinski definition) is 1. The van der Waals surface area contributed by atoms with Crippen LogP contribution in [0.2, 0.25) is 0 Å². The van der Waals surface area contributed by atoms with E-state index in [1.807, 2.05) is 6.07 Å². The molecule has 0 aromatic heterocycles. The monoisotopic (exact) mass is 252 g/mol. The second kappa shape index (κ2) is 6.05. The number of benzene rings is 1. The maximum absolute atomic E-state index is 13.4. The summed E-state index contributed by atoms with van der Waals surface area (Å²) in [4.78, 5) is 4.44. The second-order valence-electron chi connectivity index (χ2n) is 4.10. The van der Waals surface area contributed by atoms with Crippen LogP contribution in [0.25, 0.3) is 0 Å². The molecule has 1 aliphatic heterocycles. The molecule has 1 fully saturated rings. The van der Waals surface area contributed by atoms with Crippen molar-refractivity contribution in [1.82, 2.24) is 5.32 Å². The van der Waals surface area contributed by atoms with Gasteiger partial charge in [0.15, 0.2) is 5.17 Å². The normalized spacial score (nSPS) is 22.5. The Morgan fingerprint density at radius 1 is 1.47 bits per heavy atom. The summed E-state index contributed by atoms with van der Waals surface area (Å²) in [6.07, 6.45) is 2.29. The van der Waals surface area contributed by atoms with Gasteiger partial charge in [-0.15, -0.1) is 0 Å². The van der Waals surface area contributed by atoms with Crippen LogP contribution in [0.5, 0.6) is 0 Å². The maximum atomic E-state index is 13.4. The van der Waals surface area contributed by atoms with E-state index in [1.165, 1.54) is 12.5 Å². The lowest BCUT2D eigenvalue weighted by Crippen LogP contribution is -2.37. The molecule has 0 aliphatic carbocycles. The SMILES string of the molecule is CCC1CCSC(=NCc2ccccc2F)N1. The van der Waals surface area contributed by atoms with Crippen molar-refractivity contribution in [3.63, 3.8) is 0 Å². The molecule has 4 heteroatoms. The maximum Gasteiger partial charge on any atom is 0.157 e. The number of nitrogens with zero attached hydrogens (tertiary/aromatic N) is 1. The van der Waals surface area contributed by atoms with Gasteiger partial charge in [0, 0.05) is 17.4 Å². The van der Waals surface area contributed by atoms with Crippen LogP contribution in [-0.2, 0) is 6.54 Å². The number of rotatable bonds is 3. The van der Waals surface area contributed by atoms with Crippen LogP contribution in [0.3, 0.4) is 0 Å². The number of aliphatic imine (C=N–C) groups is 1. The molecular formula is C13H17FN2S. The minimum atomic E-state index is -0.176. The molecule has 0 amide bonds. The van der Waals surface area contributed by atoms with E-state index in [0.717, 1.165) is 17.3 Å². The van der Waals surface area contributed by atoms with Crippen molar-refractivity contribution in [3.8, 4) is 0 Å². The van der Waals surface area contributed by atoms with Gasteiger partial charge in [0.05, 0.1) is 6.54 Å². The zero-order valence-corrected chi connectivity index (χ0v) is 10.8. The molecule has 0 saturated carbocycles. The zero-order valence-electron chi connectivity index (χ0n) is 9.95. The van der Waals surface area contributed by atoms with Crippen LogP contribution in [0.4, 0.5) is 4.39 Å². The second-order valence-corrected chi connectivity index (χ2v) is 5.18. The van der Waals surface area contributed by atoms with E-state index in [9.17, 15) is 4.39 Å². The van der Waals surface area contributed by atoms with Gasteiger partial charge in [-0.25, -0.2) is 4.39 Å². The summed E-state index contributed by atoms with van der Waals surface area (Å²) in [6, 6.07) is 7.33. The van der Waals surface area contributed by atoms with Gasteiger partial charge < -0.3 is 5.32 Å². The van der Waals surface area contributed by atoms with Crippen molar-refractivity contribution in [2.75, 3.05) is 5.75 Å². The fourth-order valence-corrected chi connectivity index (χ4v) is 2.77. The molecule has 0 radical (unpaired) electrons. The number of halogens is 1. The van der Waals surface area contributed by atoms with Crippen molar-refractivity contribution in [1.29, 1.82) is 0 Å². The highest BCUT2D eigenvalue weighted by atomic mass is 32.2. The molecule has 1 N–H and O–H groups in total. The lowest BCUT2D eigenvalue weighted by molar-refractivity contribution is 0.570. The molecule has 0 bridgehead atoms. The molecule has 1 saturated heterocycles. The van der Waals surface area contributed by atoms with E-state index in [-0.39, 0.29) is 5.82 Å². The van der Waals surface area contributed by atoms with Gasteiger partial charge in [-0.05, 0) is 18.9 Å². The first-order valence-corrected chi connectivity index (χ1v) is 6.95. The average Bonchev–Trinajstić information content (AvgIpc) is 2.38. The number of amidine groups is 1. The first-order chi connectivity index (χ1) is 8.29. The van der Waals surface area contributed by atoms with Crippen LogP contribution >= 0.6 is 11.8 Å². The highest BCUT2D eigenvalue weighted by Gasteiger charge is 2.15. The Kier molecular flexibility index (Phi) is 4.42. The smallest absolute Gasteiger partial charge is 0.157 e. The summed E-state index contributed by atoms with van der Waals surface area (Å²) in [5.41, 5.74) is 0.654. The van der Waals surface area contributed by atoms with Gasteiger partial charge in [-0.1, -0.05) is 36.9 Å². The average molecular weight is 252 g/mol. The molecular weight excluding hydrogens is 235 g/mol. The van der Waals surface area contributed by atoms with Gasteiger partial charge >= 0.3 is 0 Å². The Morgan fingerprint density at radius 2 is 2.29 bits per heavy atom. The largest absolute Gasteiger partial charge is 0.362 e. The molecule has 2 nitrogen and oxygen atoms in total. The van der Waals surface area contributed by atoms with Gasteiger partial charge in [-0.3, -0.25) is 4.99 Å². The Hall–Kier alpha value is -1.03. The fraction of sp³-hybridized carbons (Fsp3) is 0.462.